The zero-order valence-electron chi connectivity index (χ0n) is 11.6. The lowest BCUT2D eigenvalue weighted by molar-refractivity contribution is -0.124. The average Bonchev–Trinajstić information content (AvgIpc) is 2.86. The molecule has 0 saturated heterocycles. The number of hydrogen-bond acceptors (Lipinski definition) is 3. The van der Waals surface area contributed by atoms with E-state index < -0.39 is 5.91 Å². The van der Waals surface area contributed by atoms with Crippen LogP contribution in [0.25, 0.3) is 0 Å². The van der Waals surface area contributed by atoms with Crippen LogP contribution in [0.4, 0.5) is 5.69 Å². The van der Waals surface area contributed by atoms with Crippen molar-refractivity contribution in [1.82, 2.24) is 0 Å². The second-order valence-electron chi connectivity index (χ2n) is 5.50. The lowest BCUT2D eigenvalue weighted by Crippen LogP contribution is -2.30. The Labute approximate surface area is 118 Å². The minimum absolute atomic E-state index is 0.0702. The third-order valence-corrected chi connectivity index (χ3v) is 3.75. The predicted molar refractivity (Wildman–Crippen MR) is 76.3 cm³/mol. The van der Waals surface area contributed by atoms with Gasteiger partial charge in [0.1, 0.15) is 5.75 Å². The molecule has 0 unspecified atom stereocenters. The van der Waals surface area contributed by atoms with E-state index in [4.69, 9.17) is 10.5 Å². The topological polar surface area (TPSA) is 81.4 Å². The van der Waals surface area contributed by atoms with Gasteiger partial charge in [-0.2, -0.15) is 0 Å². The van der Waals surface area contributed by atoms with Crippen molar-refractivity contribution in [2.24, 2.45) is 11.1 Å². The number of nitrogens with one attached hydrogen (secondary N) is 1. The van der Waals surface area contributed by atoms with Gasteiger partial charge in [-0.15, -0.1) is 0 Å². The number of rotatable bonds is 5. The summed E-state index contributed by atoms with van der Waals surface area (Å²) in [5, 5.41) is 2.93. The molecule has 0 radical (unpaired) electrons. The van der Waals surface area contributed by atoms with Gasteiger partial charge in [-0.1, -0.05) is 19.8 Å². The Morgan fingerprint density at radius 3 is 2.40 bits per heavy atom. The van der Waals surface area contributed by atoms with Gasteiger partial charge in [0.05, 0.1) is 0 Å². The minimum Gasteiger partial charge on any atom is -0.484 e. The Balaban J connectivity index is 1.93. The average molecular weight is 276 g/mol. The monoisotopic (exact) mass is 276 g/mol. The highest BCUT2D eigenvalue weighted by Crippen LogP contribution is 2.38. The summed E-state index contributed by atoms with van der Waals surface area (Å²) in [4.78, 5) is 22.8. The standard InChI is InChI=1S/C15H20N2O3/c1-15(8-2-3-9-15)14(19)17-11-4-6-12(7-5-11)20-10-13(16)18/h4-7H,2-3,8-10H2,1H3,(H2,16,18)(H,17,19). The molecule has 1 aromatic rings. The van der Waals surface area contributed by atoms with Crippen LogP contribution in [0.5, 0.6) is 5.75 Å². The molecule has 1 aromatic carbocycles. The van der Waals surface area contributed by atoms with Crippen molar-refractivity contribution in [3.63, 3.8) is 0 Å². The van der Waals surface area contributed by atoms with Crippen LogP contribution in [-0.2, 0) is 9.59 Å². The molecule has 1 fully saturated rings. The molecule has 5 heteroatoms. The summed E-state index contributed by atoms with van der Waals surface area (Å²) in [6, 6.07) is 6.92. The maximum absolute atomic E-state index is 12.2. The van der Waals surface area contributed by atoms with E-state index in [0.29, 0.717) is 5.75 Å². The first-order valence-corrected chi connectivity index (χ1v) is 6.82. The fourth-order valence-corrected chi connectivity index (χ4v) is 2.45. The van der Waals surface area contributed by atoms with Gasteiger partial charge >= 0.3 is 0 Å². The quantitative estimate of drug-likeness (QED) is 0.863. The molecule has 20 heavy (non-hydrogen) atoms. The van der Waals surface area contributed by atoms with Gasteiger partial charge < -0.3 is 15.8 Å². The number of hydrogen-bond donors (Lipinski definition) is 2. The van der Waals surface area contributed by atoms with Crippen molar-refractivity contribution in [2.45, 2.75) is 32.6 Å². The molecule has 2 amide bonds. The smallest absolute Gasteiger partial charge is 0.255 e. The molecule has 1 aliphatic carbocycles. The number of ether oxygens (including phenoxy) is 1. The number of benzene rings is 1. The van der Waals surface area contributed by atoms with Gasteiger partial charge in [-0.3, -0.25) is 9.59 Å². The molecule has 2 rings (SSSR count). The first-order valence-electron chi connectivity index (χ1n) is 6.82. The van der Waals surface area contributed by atoms with Crippen LogP contribution in [0.15, 0.2) is 24.3 Å². The molecule has 0 aromatic heterocycles. The lowest BCUT2D eigenvalue weighted by Gasteiger charge is -2.22. The van der Waals surface area contributed by atoms with Crippen LogP contribution in [-0.4, -0.2) is 18.4 Å². The molecule has 0 heterocycles. The van der Waals surface area contributed by atoms with Gasteiger partial charge in [-0.25, -0.2) is 0 Å². The number of anilines is 1. The van der Waals surface area contributed by atoms with Crippen molar-refractivity contribution in [2.75, 3.05) is 11.9 Å². The zero-order valence-corrected chi connectivity index (χ0v) is 11.6. The molecule has 0 atom stereocenters. The number of amides is 2. The highest BCUT2D eigenvalue weighted by molar-refractivity contribution is 5.95. The fourth-order valence-electron chi connectivity index (χ4n) is 2.45. The second-order valence-corrected chi connectivity index (χ2v) is 5.50. The van der Waals surface area contributed by atoms with E-state index in [9.17, 15) is 9.59 Å². The van der Waals surface area contributed by atoms with E-state index in [1.54, 1.807) is 24.3 Å². The van der Waals surface area contributed by atoms with Crippen molar-refractivity contribution >= 4 is 17.5 Å². The molecular weight excluding hydrogens is 256 g/mol. The van der Waals surface area contributed by atoms with Crippen LogP contribution in [0, 0.1) is 5.41 Å². The third kappa shape index (κ3) is 3.50. The van der Waals surface area contributed by atoms with Crippen molar-refractivity contribution < 1.29 is 14.3 Å². The van der Waals surface area contributed by atoms with Gasteiger partial charge in [0.15, 0.2) is 6.61 Å². The van der Waals surface area contributed by atoms with E-state index in [2.05, 4.69) is 5.32 Å². The number of carbonyl (C=O) groups excluding carboxylic acids is 2. The number of nitrogens with two attached hydrogens (primary N) is 1. The maximum atomic E-state index is 12.2. The highest BCUT2D eigenvalue weighted by atomic mass is 16.5. The SMILES string of the molecule is CC1(C(=O)Nc2ccc(OCC(N)=O)cc2)CCCC1. The van der Waals surface area contributed by atoms with Crippen LogP contribution < -0.4 is 15.8 Å². The molecular formula is C15H20N2O3. The summed E-state index contributed by atoms with van der Waals surface area (Å²) in [6.07, 6.45) is 4.12. The highest BCUT2D eigenvalue weighted by Gasteiger charge is 2.36. The maximum Gasteiger partial charge on any atom is 0.255 e. The molecule has 1 aliphatic rings. The summed E-state index contributed by atoms with van der Waals surface area (Å²) in [5.41, 5.74) is 5.48. The third-order valence-electron chi connectivity index (χ3n) is 3.75. The normalized spacial score (nSPS) is 16.6. The van der Waals surface area contributed by atoms with Gasteiger partial charge in [0, 0.05) is 11.1 Å². The van der Waals surface area contributed by atoms with Crippen molar-refractivity contribution in [3.8, 4) is 5.75 Å². The van der Waals surface area contributed by atoms with Crippen LogP contribution in [0.1, 0.15) is 32.6 Å². The summed E-state index contributed by atoms with van der Waals surface area (Å²) in [5.74, 6) is 0.103. The Kier molecular flexibility index (Phi) is 4.27. The van der Waals surface area contributed by atoms with E-state index >= 15 is 0 Å². The van der Waals surface area contributed by atoms with E-state index in [-0.39, 0.29) is 17.9 Å². The van der Waals surface area contributed by atoms with E-state index in [1.807, 2.05) is 6.92 Å². The molecule has 0 bridgehead atoms. The van der Waals surface area contributed by atoms with Gasteiger partial charge in [-0.05, 0) is 37.1 Å². The predicted octanol–water partition coefficient (Wildman–Crippen LogP) is 2.07. The largest absolute Gasteiger partial charge is 0.484 e. The molecule has 0 spiro atoms. The van der Waals surface area contributed by atoms with Gasteiger partial charge in [0.2, 0.25) is 5.91 Å². The van der Waals surface area contributed by atoms with E-state index in [1.165, 1.54) is 0 Å². The van der Waals surface area contributed by atoms with Gasteiger partial charge in [0.25, 0.3) is 5.91 Å². The summed E-state index contributed by atoms with van der Waals surface area (Å²) in [7, 11) is 0. The molecule has 1 saturated carbocycles. The molecule has 108 valence electrons. The first kappa shape index (κ1) is 14.4. The van der Waals surface area contributed by atoms with Crippen molar-refractivity contribution in [3.05, 3.63) is 24.3 Å². The molecule has 3 N–H and O–H groups in total. The second kappa shape index (κ2) is 5.94. The Hall–Kier alpha value is -2.04. The van der Waals surface area contributed by atoms with Crippen LogP contribution >= 0.6 is 0 Å². The summed E-state index contributed by atoms with van der Waals surface area (Å²) < 4.78 is 5.16. The first-order chi connectivity index (χ1) is 9.49. The zero-order chi connectivity index (χ0) is 14.6. The number of primary amides is 1. The van der Waals surface area contributed by atoms with Crippen molar-refractivity contribution in [1.29, 1.82) is 0 Å². The Morgan fingerprint density at radius 2 is 1.85 bits per heavy atom. The molecule has 0 aliphatic heterocycles. The Bertz CT molecular complexity index is 490. The Morgan fingerprint density at radius 1 is 1.25 bits per heavy atom. The van der Waals surface area contributed by atoms with Crippen LogP contribution in [0.2, 0.25) is 0 Å². The lowest BCUT2D eigenvalue weighted by atomic mass is 9.88. The van der Waals surface area contributed by atoms with Crippen LogP contribution in [0.3, 0.4) is 0 Å². The fraction of sp³-hybridized carbons (Fsp3) is 0.467. The molecule has 5 nitrogen and oxygen atoms in total. The minimum atomic E-state index is -0.517. The summed E-state index contributed by atoms with van der Waals surface area (Å²) in [6.45, 7) is 1.86. The van der Waals surface area contributed by atoms with E-state index in [0.717, 1.165) is 31.4 Å². The summed E-state index contributed by atoms with van der Waals surface area (Å²) >= 11 is 0. The number of carbonyl (C=O) groups is 2.